The third kappa shape index (κ3) is 2.94. The van der Waals surface area contributed by atoms with E-state index in [1.807, 2.05) is 4.72 Å². The highest BCUT2D eigenvalue weighted by atomic mass is 32.2. The first-order valence-corrected chi connectivity index (χ1v) is 5.45. The number of nitrogens with zero attached hydrogens (tertiary/aromatic N) is 1. The lowest BCUT2D eigenvalue weighted by molar-refractivity contribution is -0.117. The lowest BCUT2D eigenvalue weighted by Gasteiger charge is -2.26. The van der Waals surface area contributed by atoms with E-state index in [0.717, 1.165) is 0 Å². The van der Waals surface area contributed by atoms with Crippen LogP contribution in [0.25, 0.3) is 0 Å². The highest BCUT2D eigenvalue weighted by molar-refractivity contribution is 7.87. The van der Waals surface area contributed by atoms with Gasteiger partial charge < -0.3 is 5.32 Å². The van der Waals surface area contributed by atoms with E-state index in [0.29, 0.717) is 26.2 Å². The van der Waals surface area contributed by atoms with Crippen LogP contribution in [0.4, 0.5) is 0 Å². The van der Waals surface area contributed by atoms with Crippen molar-refractivity contribution in [2.75, 3.05) is 26.2 Å². The lowest BCUT2D eigenvalue weighted by Crippen LogP contribution is -2.51. The molecule has 6 nitrogen and oxygen atoms in total. The van der Waals surface area contributed by atoms with Crippen LogP contribution in [0.15, 0.2) is 0 Å². The first-order valence-electron chi connectivity index (χ1n) is 4.01. The zero-order chi connectivity index (χ0) is 9.90. The van der Waals surface area contributed by atoms with E-state index in [2.05, 4.69) is 5.32 Å². The van der Waals surface area contributed by atoms with Crippen LogP contribution in [0.5, 0.6) is 0 Å². The van der Waals surface area contributed by atoms with E-state index in [4.69, 9.17) is 0 Å². The van der Waals surface area contributed by atoms with Crippen molar-refractivity contribution >= 4 is 16.1 Å². The van der Waals surface area contributed by atoms with E-state index >= 15 is 0 Å². The number of hydrogen-bond acceptors (Lipinski definition) is 4. The molecule has 1 aliphatic heterocycles. The minimum absolute atomic E-state index is 0.405. The van der Waals surface area contributed by atoms with Gasteiger partial charge >= 0.3 is 10.2 Å². The van der Waals surface area contributed by atoms with Gasteiger partial charge in [0.2, 0.25) is 5.91 Å². The van der Waals surface area contributed by atoms with Crippen molar-refractivity contribution in [3.8, 4) is 0 Å². The average molecular weight is 207 g/mol. The minimum Gasteiger partial charge on any atom is -0.314 e. The minimum atomic E-state index is -3.59. The van der Waals surface area contributed by atoms with E-state index in [1.165, 1.54) is 11.2 Å². The van der Waals surface area contributed by atoms with Gasteiger partial charge in [0.05, 0.1) is 0 Å². The number of piperazine rings is 1. The zero-order valence-corrected chi connectivity index (χ0v) is 8.23. The molecular formula is C6H13N3O3S. The quantitative estimate of drug-likeness (QED) is 0.564. The first-order chi connectivity index (χ1) is 6.02. The van der Waals surface area contributed by atoms with Crippen LogP contribution >= 0.6 is 0 Å². The van der Waals surface area contributed by atoms with Gasteiger partial charge in [0, 0.05) is 33.1 Å². The van der Waals surface area contributed by atoms with Gasteiger partial charge in [-0.1, -0.05) is 0 Å². The van der Waals surface area contributed by atoms with Crippen molar-refractivity contribution in [3.05, 3.63) is 0 Å². The maximum Gasteiger partial charge on any atom is 0.303 e. The average Bonchev–Trinajstić information content (AvgIpc) is 2.04. The summed E-state index contributed by atoms with van der Waals surface area (Å²) in [6, 6.07) is 0. The van der Waals surface area contributed by atoms with Crippen LogP contribution < -0.4 is 10.0 Å². The number of carbonyl (C=O) groups excluding carboxylic acids is 1. The number of hydrogen-bond donors (Lipinski definition) is 2. The number of rotatable bonds is 2. The van der Waals surface area contributed by atoms with Crippen molar-refractivity contribution in [1.29, 1.82) is 0 Å². The van der Waals surface area contributed by atoms with Crippen molar-refractivity contribution in [1.82, 2.24) is 14.3 Å². The molecule has 1 fully saturated rings. The second kappa shape index (κ2) is 4.03. The van der Waals surface area contributed by atoms with Gasteiger partial charge in [0.15, 0.2) is 0 Å². The Hall–Kier alpha value is -0.660. The highest BCUT2D eigenvalue weighted by Gasteiger charge is 2.23. The fourth-order valence-electron chi connectivity index (χ4n) is 1.13. The SMILES string of the molecule is CC(=O)NS(=O)(=O)N1CCNCC1. The monoisotopic (exact) mass is 207 g/mol. The lowest BCUT2D eigenvalue weighted by atomic mass is 10.4. The maximum atomic E-state index is 11.4. The molecule has 0 unspecified atom stereocenters. The summed E-state index contributed by atoms with van der Waals surface area (Å²) in [6.45, 7) is 3.24. The molecule has 1 saturated heterocycles. The van der Waals surface area contributed by atoms with Crippen molar-refractivity contribution in [2.45, 2.75) is 6.92 Å². The van der Waals surface area contributed by atoms with Crippen molar-refractivity contribution in [3.63, 3.8) is 0 Å². The third-order valence-corrected chi connectivity index (χ3v) is 3.28. The molecule has 1 rings (SSSR count). The van der Waals surface area contributed by atoms with Crippen molar-refractivity contribution in [2.24, 2.45) is 0 Å². The highest BCUT2D eigenvalue weighted by Crippen LogP contribution is 1.99. The smallest absolute Gasteiger partial charge is 0.303 e. The Morgan fingerprint density at radius 2 is 1.92 bits per heavy atom. The summed E-state index contributed by atoms with van der Waals surface area (Å²) in [5.74, 6) is -0.557. The van der Waals surface area contributed by atoms with Crippen LogP contribution in [-0.2, 0) is 15.0 Å². The van der Waals surface area contributed by atoms with Crippen LogP contribution in [0.1, 0.15) is 6.92 Å². The fraction of sp³-hybridized carbons (Fsp3) is 0.833. The molecule has 0 radical (unpaired) electrons. The van der Waals surface area contributed by atoms with E-state index in [9.17, 15) is 13.2 Å². The Kier molecular flexibility index (Phi) is 3.23. The number of amides is 1. The maximum absolute atomic E-state index is 11.4. The standard InChI is InChI=1S/C6H13N3O3S/c1-6(10)8-13(11,12)9-4-2-7-3-5-9/h7H,2-5H2,1H3,(H,8,10). The molecular weight excluding hydrogens is 194 g/mol. The van der Waals surface area contributed by atoms with Gasteiger partial charge in [-0.25, -0.2) is 4.72 Å². The molecule has 1 heterocycles. The van der Waals surface area contributed by atoms with Crippen LogP contribution in [0.3, 0.4) is 0 Å². The van der Waals surface area contributed by atoms with Crippen LogP contribution in [0, 0.1) is 0 Å². The molecule has 0 aromatic carbocycles. The summed E-state index contributed by atoms with van der Waals surface area (Å²) < 4.78 is 25.9. The Bertz CT molecular complexity index is 281. The summed E-state index contributed by atoms with van der Waals surface area (Å²) in [6.07, 6.45) is 0. The normalized spacial score (nSPS) is 19.8. The Morgan fingerprint density at radius 1 is 1.38 bits per heavy atom. The van der Waals surface area contributed by atoms with Crippen LogP contribution in [-0.4, -0.2) is 44.8 Å². The van der Waals surface area contributed by atoms with Crippen molar-refractivity contribution < 1.29 is 13.2 Å². The molecule has 2 N–H and O–H groups in total. The summed E-state index contributed by atoms with van der Waals surface area (Å²) in [5.41, 5.74) is 0. The number of carbonyl (C=O) groups is 1. The topological polar surface area (TPSA) is 78.5 Å². The van der Waals surface area contributed by atoms with E-state index in [-0.39, 0.29) is 0 Å². The largest absolute Gasteiger partial charge is 0.314 e. The summed E-state index contributed by atoms with van der Waals surface area (Å²) >= 11 is 0. The second-order valence-electron chi connectivity index (χ2n) is 2.81. The fourth-order valence-corrected chi connectivity index (χ4v) is 2.29. The summed E-state index contributed by atoms with van der Waals surface area (Å²) in [5, 5.41) is 3.02. The first kappa shape index (κ1) is 10.4. The van der Waals surface area contributed by atoms with Crippen LogP contribution in [0.2, 0.25) is 0 Å². The van der Waals surface area contributed by atoms with Gasteiger partial charge in [-0.05, 0) is 0 Å². The predicted molar refractivity (Wildman–Crippen MR) is 47.2 cm³/mol. The van der Waals surface area contributed by atoms with E-state index in [1.54, 1.807) is 0 Å². The molecule has 0 aromatic heterocycles. The summed E-state index contributed by atoms with van der Waals surface area (Å²) in [7, 11) is -3.59. The molecule has 76 valence electrons. The molecule has 7 heteroatoms. The molecule has 0 atom stereocenters. The second-order valence-corrected chi connectivity index (χ2v) is 4.48. The molecule has 13 heavy (non-hydrogen) atoms. The Labute approximate surface area is 77.5 Å². The Balaban J connectivity index is 2.62. The van der Waals surface area contributed by atoms with Gasteiger partial charge in [-0.2, -0.15) is 12.7 Å². The molecule has 0 saturated carbocycles. The summed E-state index contributed by atoms with van der Waals surface area (Å²) in [4.78, 5) is 10.6. The zero-order valence-electron chi connectivity index (χ0n) is 7.41. The van der Waals surface area contributed by atoms with Gasteiger partial charge in [-0.3, -0.25) is 4.79 Å². The van der Waals surface area contributed by atoms with Gasteiger partial charge in [-0.15, -0.1) is 0 Å². The molecule has 0 spiro atoms. The molecule has 0 aromatic rings. The molecule has 0 aliphatic carbocycles. The predicted octanol–water partition coefficient (Wildman–Crippen LogP) is -1.73. The Morgan fingerprint density at radius 3 is 2.38 bits per heavy atom. The molecule has 1 amide bonds. The molecule has 0 bridgehead atoms. The van der Waals surface area contributed by atoms with Gasteiger partial charge in [0.1, 0.15) is 0 Å². The molecule has 1 aliphatic rings. The third-order valence-electron chi connectivity index (χ3n) is 1.69. The number of nitrogens with one attached hydrogen (secondary N) is 2. The van der Waals surface area contributed by atoms with Gasteiger partial charge in [0.25, 0.3) is 0 Å². The van der Waals surface area contributed by atoms with E-state index < -0.39 is 16.1 Å².